The van der Waals surface area contributed by atoms with E-state index in [4.69, 9.17) is 17.3 Å². The van der Waals surface area contributed by atoms with E-state index >= 15 is 0 Å². The van der Waals surface area contributed by atoms with E-state index in [0.717, 1.165) is 18.4 Å². The van der Waals surface area contributed by atoms with E-state index in [1.807, 2.05) is 19.1 Å². The van der Waals surface area contributed by atoms with E-state index in [1.54, 1.807) is 6.07 Å². The maximum atomic E-state index is 11.9. The van der Waals surface area contributed by atoms with E-state index < -0.39 is 0 Å². The summed E-state index contributed by atoms with van der Waals surface area (Å²) in [6, 6.07) is 5.96. The number of guanidine groups is 1. The number of aryl methyl sites for hydroxylation is 1. The van der Waals surface area contributed by atoms with Crippen molar-refractivity contribution >= 4 is 29.2 Å². The third-order valence-electron chi connectivity index (χ3n) is 3.98. The number of rotatable bonds is 5. The molecular formula is C17H25ClN4O. The van der Waals surface area contributed by atoms with E-state index in [1.165, 1.54) is 19.3 Å². The molecular weight excluding hydrogens is 312 g/mol. The van der Waals surface area contributed by atoms with Crippen molar-refractivity contribution in [2.75, 3.05) is 11.9 Å². The minimum absolute atomic E-state index is 0.120. The summed E-state index contributed by atoms with van der Waals surface area (Å²) in [4.78, 5) is 16.1. The largest absolute Gasteiger partial charge is 0.370 e. The molecule has 0 atom stereocenters. The van der Waals surface area contributed by atoms with Gasteiger partial charge in [0.25, 0.3) is 0 Å². The molecule has 0 heterocycles. The van der Waals surface area contributed by atoms with Crippen LogP contribution in [0.4, 0.5) is 5.69 Å². The predicted octanol–water partition coefficient (Wildman–Crippen LogP) is 3.21. The lowest BCUT2D eigenvalue weighted by Crippen LogP contribution is -2.41. The molecule has 5 nitrogen and oxygen atoms in total. The number of halogens is 1. The van der Waals surface area contributed by atoms with E-state index in [0.29, 0.717) is 29.3 Å². The molecule has 23 heavy (non-hydrogen) atoms. The number of nitrogens with zero attached hydrogens (tertiary/aromatic N) is 1. The van der Waals surface area contributed by atoms with E-state index in [2.05, 4.69) is 15.6 Å². The van der Waals surface area contributed by atoms with Gasteiger partial charge < -0.3 is 16.4 Å². The number of carbonyl (C=O) groups is 1. The Morgan fingerprint density at radius 1 is 1.35 bits per heavy atom. The lowest BCUT2D eigenvalue weighted by molar-refractivity contribution is -0.116. The quantitative estimate of drug-likeness (QED) is 0.570. The maximum Gasteiger partial charge on any atom is 0.226 e. The predicted molar refractivity (Wildman–Crippen MR) is 95.9 cm³/mol. The van der Waals surface area contributed by atoms with Gasteiger partial charge in [0.05, 0.1) is 17.3 Å². The van der Waals surface area contributed by atoms with Crippen molar-refractivity contribution in [2.24, 2.45) is 10.7 Å². The zero-order chi connectivity index (χ0) is 16.7. The topological polar surface area (TPSA) is 79.5 Å². The first-order valence-electron chi connectivity index (χ1n) is 8.17. The van der Waals surface area contributed by atoms with Gasteiger partial charge in [-0.3, -0.25) is 9.79 Å². The van der Waals surface area contributed by atoms with Crippen molar-refractivity contribution in [2.45, 2.75) is 51.5 Å². The second-order valence-electron chi connectivity index (χ2n) is 6.03. The summed E-state index contributed by atoms with van der Waals surface area (Å²) < 4.78 is 0. The average Bonchev–Trinajstić information content (AvgIpc) is 2.51. The summed E-state index contributed by atoms with van der Waals surface area (Å²) in [5.41, 5.74) is 7.55. The highest BCUT2D eigenvalue weighted by Crippen LogP contribution is 2.22. The van der Waals surface area contributed by atoms with Crippen molar-refractivity contribution < 1.29 is 4.79 Å². The second kappa shape index (κ2) is 8.77. The van der Waals surface area contributed by atoms with Crippen molar-refractivity contribution in [3.05, 3.63) is 28.8 Å². The average molecular weight is 337 g/mol. The van der Waals surface area contributed by atoms with Crippen LogP contribution in [0.2, 0.25) is 5.02 Å². The van der Waals surface area contributed by atoms with Gasteiger partial charge in [-0.15, -0.1) is 0 Å². The molecule has 1 aliphatic rings. The highest BCUT2D eigenvalue weighted by atomic mass is 35.5. The molecule has 0 bridgehead atoms. The van der Waals surface area contributed by atoms with Gasteiger partial charge in [0.15, 0.2) is 5.96 Å². The Kier molecular flexibility index (Phi) is 6.71. The first kappa shape index (κ1) is 17.6. The molecule has 1 aromatic rings. The van der Waals surface area contributed by atoms with Gasteiger partial charge in [0, 0.05) is 12.5 Å². The number of carbonyl (C=O) groups excluding carboxylic acids is 1. The summed E-state index contributed by atoms with van der Waals surface area (Å²) in [5, 5.41) is 6.57. The zero-order valence-electron chi connectivity index (χ0n) is 13.6. The Balaban J connectivity index is 1.74. The molecule has 126 valence electrons. The summed E-state index contributed by atoms with van der Waals surface area (Å²) in [7, 11) is 0. The van der Waals surface area contributed by atoms with Gasteiger partial charge in [-0.05, 0) is 37.5 Å². The highest BCUT2D eigenvalue weighted by Gasteiger charge is 2.13. The van der Waals surface area contributed by atoms with Gasteiger partial charge in [0.2, 0.25) is 5.91 Å². The maximum absolute atomic E-state index is 11.9. The lowest BCUT2D eigenvalue weighted by Gasteiger charge is -2.23. The molecule has 1 saturated carbocycles. The molecule has 0 aliphatic heterocycles. The number of anilines is 1. The number of benzene rings is 1. The fraction of sp³-hybridized carbons (Fsp3) is 0.529. The second-order valence-corrected chi connectivity index (χ2v) is 6.43. The Morgan fingerprint density at radius 2 is 2.09 bits per heavy atom. The number of aliphatic imine (C=N–C) groups is 1. The van der Waals surface area contributed by atoms with Gasteiger partial charge in [0.1, 0.15) is 0 Å². The molecule has 4 N–H and O–H groups in total. The van der Waals surface area contributed by atoms with Crippen molar-refractivity contribution in [1.82, 2.24) is 5.32 Å². The molecule has 0 saturated heterocycles. The van der Waals surface area contributed by atoms with Gasteiger partial charge in [-0.1, -0.05) is 36.9 Å². The zero-order valence-corrected chi connectivity index (χ0v) is 14.3. The molecule has 2 rings (SSSR count). The van der Waals surface area contributed by atoms with Crippen LogP contribution < -0.4 is 16.4 Å². The first-order chi connectivity index (χ1) is 11.0. The monoisotopic (exact) mass is 336 g/mol. The molecule has 0 spiro atoms. The van der Waals surface area contributed by atoms with Crippen molar-refractivity contribution in [1.29, 1.82) is 0 Å². The molecule has 1 aliphatic carbocycles. The van der Waals surface area contributed by atoms with Crippen molar-refractivity contribution in [3.8, 4) is 0 Å². The first-order valence-corrected chi connectivity index (χ1v) is 8.55. The van der Waals surface area contributed by atoms with Crippen LogP contribution in [0.25, 0.3) is 0 Å². The highest BCUT2D eigenvalue weighted by molar-refractivity contribution is 6.33. The van der Waals surface area contributed by atoms with Crippen LogP contribution in [0.3, 0.4) is 0 Å². The molecule has 1 amide bonds. The molecule has 1 fully saturated rings. The van der Waals surface area contributed by atoms with Gasteiger partial charge in [-0.2, -0.15) is 0 Å². The summed E-state index contributed by atoms with van der Waals surface area (Å²) in [6.07, 6.45) is 6.34. The summed E-state index contributed by atoms with van der Waals surface area (Å²) in [5.74, 6) is 0.308. The van der Waals surface area contributed by atoms with Crippen LogP contribution in [0.5, 0.6) is 0 Å². The number of amides is 1. The summed E-state index contributed by atoms with van der Waals surface area (Å²) >= 11 is 6.09. The molecule has 0 radical (unpaired) electrons. The van der Waals surface area contributed by atoms with Crippen LogP contribution in [-0.2, 0) is 4.79 Å². The normalized spacial score (nSPS) is 16.2. The molecule has 1 aromatic carbocycles. The minimum atomic E-state index is -0.120. The number of hydrogen-bond donors (Lipinski definition) is 3. The van der Waals surface area contributed by atoms with Crippen molar-refractivity contribution in [3.63, 3.8) is 0 Å². The van der Waals surface area contributed by atoms with Crippen LogP contribution >= 0.6 is 11.6 Å². The smallest absolute Gasteiger partial charge is 0.226 e. The SMILES string of the molecule is Cc1ccc(NC(=O)CCN=C(N)NC2CCCCC2)c(Cl)c1. The lowest BCUT2D eigenvalue weighted by atomic mass is 9.96. The Hall–Kier alpha value is -1.75. The third kappa shape index (κ3) is 6.10. The minimum Gasteiger partial charge on any atom is -0.370 e. The standard InChI is InChI=1S/C17H25ClN4O/c1-12-7-8-15(14(18)11-12)22-16(23)9-10-20-17(19)21-13-5-3-2-4-6-13/h7-8,11,13H,2-6,9-10H2,1H3,(H,22,23)(H3,19,20,21). The van der Waals surface area contributed by atoms with Gasteiger partial charge in [-0.25, -0.2) is 0 Å². The molecule has 6 heteroatoms. The van der Waals surface area contributed by atoms with Crippen LogP contribution in [0.15, 0.2) is 23.2 Å². The van der Waals surface area contributed by atoms with E-state index in [9.17, 15) is 4.79 Å². The Labute approximate surface area is 142 Å². The van der Waals surface area contributed by atoms with E-state index in [-0.39, 0.29) is 12.3 Å². The Morgan fingerprint density at radius 3 is 2.78 bits per heavy atom. The van der Waals surface area contributed by atoms with Crippen LogP contribution in [0.1, 0.15) is 44.1 Å². The molecule has 0 unspecified atom stereocenters. The van der Waals surface area contributed by atoms with Gasteiger partial charge >= 0.3 is 0 Å². The fourth-order valence-corrected chi connectivity index (χ4v) is 3.00. The van der Waals surface area contributed by atoms with Crippen LogP contribution in [0, 0.1) is 6.92 Å². The number of nitrogens with two attached hydrogens (primary N) is 1. The third-order valence-corrected chi connectivity index (χ3v) is 4.29. The molecule has 0 aromatic heterocycles. The Bertz CT molecular complexity index is 568. The van der Waals surface area contributed by atoms with Crippen LogP contribution in [-0.4, -0.2) is 24.5 Å². The number of nitrogens with one attached hydrogen (secondary N) is 2. The summed E-state index contributed by atoms with van der Waals surface area (Å²) in [6.45, 7) is 2.31. The number of hydrogen-bond acceptors (Lipinski definition) is 2. The fourth-order valence-electron chi connectivity index (χ4n) is 2.71.